The molecule has 1 N–H and O–H groups in total. The first-order chi connectivity index (χ1) is 16.1. The Hall–Kier alpha value is -2.48. The lowest BCUT2D eigenvalue weighted by Gasteiger charge is -2.46. The molecule has 1 atom stereocenters. The number of hydrogen-bond acceptors (Lipinski definition) is 5. The predicted octanol–water partition coefficient (Wildman–Crippen LogP) is 4.40. The van der Waals surface area contributed by atoms with E-state index in [0.29, 0.717) is 6.41 Å². The van der Waals surface area contributed by atoms with Crippen LogP contribution in [0.4, 0.5) is 5.13 Å². The lowest BCUT2D eigenvalue weighted by molar-refractivity contribution is -0.109. The monoisotopic (exact) mass is 481 g/mol. The highest BCUT2D eigenvalue weighted by Gasteiger charge is 2.44. The van der Waals surface area contributed by atoms with E-state index in [1.54, 1.807) is 11.3 Å². The normalized spacial score (nSPS) is 15.4. The van der Waals surface area contributed by atoms with Gasteiger partial charge in [0.15, 0.2) is 5.13 Å². The number of amides is 1. The van der Waals surface area contributed by atoms with Crippen molar-refractivity contribution in [3.63, 3.8) is 0 Å². The van der Waals surface area contributed by atoms with Gasteiger partial charge in [-0.05, 0) is 30.3 Å². The van der Waals surface area contributed by atoms with E-state index in [4.69, 9.17) is 4.43 Å². The van der Waals surface area contributed by atoms with Gasteiger partial charge in [0.25, 0.3) is 8.32 Å². The number of carbonyl (C=O) groups excluding carboxylic acids is 1. The molecule has 7 heteroatoms. The van der Waals surface area contributed by atoms with Crippen LogP contribution in [0.3, 0.4) is 0 Å². The van der Waals surface area contributed by atoms with Crippen molar-refractivity contribution in [2.24, 2.45) is 0 Å². The lowest BCUT2D eigenvalue weighted by atomic mass is 10.2. The molecule has 1 aromatic heterocycles. The maximum absolute atomic E-state index is 9.50. The Kier molecular flexibility index (Phi) is 9.66. The third-order valence-electron chi connectivity index (χ3n) is 5.73. The lowest BCUT2D eigenvalue weighted by Crippen LogP contribution is -2.66. The SMILES string of the molecule is CC(C)NC=O.CCCC[Si](OC1CCN1c1nccs1)(c1ccccc1)c1ccccc1. The van der Waals surface area contributed by atoms with E-state index in [1.165, 1.54) is 23.2 Å². The molecule has 4 rings (SSSR count). The third-order valence-corrected chi connectivity index (χ3v) is 10.8. The molecule has 1 saturated heterocycles. The third kappa shape index (κ3) is 6.53. The average molecular weight is 482 g/mol. The number of benzene rings is 2. The number of rotatable bonds is 10. The van der Waals surface area contributed by atoms with Crippen LogP contribution in [0, 0.1) is 0 Å². The second-order valence-corrected chi connectivity index (χ2v) is 12.9. The summed E-state index contributed by atoms with van der Waals surface area (Å²) in [6, 6.07) is 23.2. The minimum absolute atomic E-state index is 0.125. The Labute approximate surface area is 203 Å². The van der Waals surface area contributed by atoms with Crippen LogP contribution in [-0.2, 0) is 9.22 Å². The Morgan fingerprint density at radius 2 is 1.79 bits per heavy atom. The summed E-state index contributed by atoms with van der Waals surface area (Å²) in [6.07, 6.45) is 6.13. The van der Waals surface area contributed by atoms with Crippen molar-refractivity contribution in [1.82, 2.24) is 10.3 Å². The highest BCUT2D eigenvalue weighted by atomic mass is 32.1. The molecule has 2 heterocycles. The molecule has 3 aromatic rings. The molecule has 1 unspecified atom stereocenters. The van der Waals surface area contributed by atoms with Crippen molar-refractivity contribution in [2.75, 3.05) is 11.4 Å². The summed E-state index contributed by atoms with van der Waals surface area (Å²) in [5.74, 6) is 0. The first-order valence-corrected chi connectivity index (χ1v) is 14.7. The first kappa shape index (κ1) is 25.1. The van der Waals surface area contributed by atoms with E-state index < -0.39 is 8.32 Å². The first-order valence-electron chi connectivity index (χ1n) is 11.8. The van der Waals surface area contributed by atoms with Crippen LogP contribution in [0.2, 0.25) is 6.04 Å². The van der Waals surface area contributed by atoms with E-state index in [-0.39, 0.29) is 12.3 Å². The zero-order valence-corrected chi connectivity index (χ0v) is 21.6. The summed E-state index contributed by atoms with van der Waals surface area (Å²) >= 11 is 1.70. The molecule has 0 saturated carbocycles. The zero-order valence-electron chi connectivity index (χ0n) is 19.8. The Balaban J connectivity index is 0.000000454. The van der Waals surface area contributed by atoms with Gasteiger partial charge in [0, 0.05) is 30.6 Å². The molecule has 1 amide bonds. The topological polar surface area (TPSA) is 54.5 Å². The maximum Gasteiger partial charge on any atom is 0.258 e. The molecule has 1 aliphatic heterocycles. The number of anilines is 1. The smallest absolute Gasteiger partial charge is 0.258 e. The second-order valence-electron chi connectivity index (χ2n) is 8.47. The minimum Gasteiger partial charge on any atom is -0.388 e. The maximum atomic E-state index is 9.50. The van der Waals surface area contributed by atoms with Gasteiger partial charge >= 0.3 is 0 Å². The van der Waals surface area contributed by atoms with Gasteiger partial charge in [-0.25, -0.2) is 4.98 Å². The molecule has 1 fully saturated rings. The molecule has 1 aliphatic rings. The average Bonchev–Trinajstić information content (AvgIpc) is 3.34. The van der Waals surface area contributed by atoms with Crippen LogP contribution >= 0.6 is 11.3 Å². The molecule has 5 nitrogen and oxygen atoms in total. The number of unbranched alkanes of at least 4 members (excludes halogenated alkanes) is 1. The van der Waals surface area contributed by atoms with Gasteiger partial charge in [-0.2, -0.15) is 0 Å². The van der Waals surface area contributed by atoms with Crippen LogP contribution in [-0.4, -0.2) is 38.5 Å². The summed E-state index contributed by atoms with van der Waals surface area (Å²) < 4.78 is 7.12. The largest absolute Gasteiger partial charge is 0.388 e. The van der Waals surface area contributed by atoms with Crippen LogP contribution in [0.25, 0.3) is 0 Å². The molecule has 0 aliphatic carbocycles. The molecule has 0 radical (unpaired) electrons. The van der Waals surface area contributed by atoms with Crippen molar-refractivity contribution in [2.45, 2.75) is 58.3 Å². The summed E-state index contributed by atoms with van der Waals surface area (Å²) in [7, 11) is -2.32. The zero-order chi connectivity index (χ0) is 23.5. The van der Waals surface area contributed by atoms with Gasteiger partial charge in [-0.15, -0.1) is 11.3 Å². The number of nitrogens with zero attached hydrogens (tertiary/aromatic N) is 2. The number of thiazole rings is 1. The quantitative estimate of drug-likeness (QED) is 0.345. The van der Waals surface area contributed by atoms with Gasteiger partial charge in [0.05, 0.1) is 0 Å². The van der Waals surface area contributed by atoms with E-state index in [0.717, 1.165) is 24.1 Å². The van der Waals surface area contributed by atoms with Gasteiger partial charge in [-0.3, -0.25) is 4.79 Å². The molecule has 0 bridgehead atoms. The van der Waals surface area contributed by atoms with Crippen molar-refractivity contribution in [1.29, 1.82) is 0 Å². The summed E-state index contributed by atoms with van der Waals surface area (Å²) in [5, 5.41) is 8.39. The number of carbonyl (C=O) groups is 1. The summed E-state index contributed by atoms with van der Waals surface area (Å²) in [5.41, 5.74) is 0. The fourth-order valence-electron chi connectivity index (χ4n) is 3.92. The number of aromatic nitrogens is 1. The molecular weight excluding hydrogens is 446 g/mol. The van der Waals surface area contributed by atoms with Crippen LogP contribution in [0.5, 0.6) is 0 Å². The van der Waals surface area contributed by atoms with Gasteiger partial charge in [-0.1, -0.05) is 80.4 Å². The fourth-order valence-corrected chi connectivity index (χ4v) is 8.95. The van der Waals surface area contributed by atoms with E-state index >= 15 is 0 Å². The Morgan fingerprint density at radius 3 is 2.18 bits per heavy atom. The highest BCUT2D eigenvalue weighted by Crippen LogP contribution is 2.32. The molecule has 33 heavy (non-hydrogen) atoms. The van der Waals surface area contributed by atoms with Crippen molar-refractivity contribution < 1.29 is 9.22 Å². The Bertz CT molecular complexity index is 899. The Morgan fingerprint density at radius 1 is 1.15 bits per heavy atom. The number of hydrogen-bond donors (Lipinski definition) is 1. The van der Waals surface area contributed by atoms with Crippen molar-refractivity contribution in [3.8, 4) is 0 Å². The number of nitrogens with one attached hydrogen (secondary N) is 1. The van der Waals surface area contributed by atoms with E-state index in [2.05, 4.69) is 82.8 Å². The van der Waals surface area contributed by atoms with Crippen LogP contribution in [0.1, 0.15) is 40.0 Å². The van der Waals surface area contributed by atoms with E-state index in [1.807, 2.05) is 25.4 Å². The summed E-state index contributed by atoms with van der Waals surface area (Å²) in [4.78, 5) is 16.3. The van der Waals surface area contributed by atoms with Crippen LogP contribution < -0.4 is 20.6 Å². The molecular formula is C26H35N3O2SSi. The summed E-state index contributed by atoms with van der Waals surface area (Å²) in [6.45, 7) is 7.11. The second kappa shape index (κ2) is 12.7. The van der Waals surface area contributed by atoms with Gasteiger partial charge in [0.2, 0.25) is 6.41 Å². The highest BCUT2D eigenvalue weighted by molar-refractivity contribution is 7.13. The van der Waals surface area contributed by atoms with Crippen LogP contribution in [0.15, 0.2) is 72.2 Å². The van der Waals surface area contributed by atoms with Crippen molar-refractivity contribution >= 4 is 41.6 Å². The molecule has 2 aromatic carbocycles. The van der Waals surface area contributed by atoms with Gasteiger partial charge < -0.3 is 14.6 Å². The van der Waals surface area contributed by atoms with Gasteiger partial charge in [0.1, 0.15) is 6.23 Å². The molecule has 0 spiro atoms. The fraction of sp³-hybridized carbons (Fsp3) is 0.385. The standard InChI is InChI=1S/C22H26N2OSSi.C4H9NO/c1-2-3-18-27(19-10-6-4-7-11-19,20-12-8-5-9-13-20)25-21-14-16-24(21)22-23-15-17-26-22;1-4(2)5-3-6/h4-13,15,17,21H,2-3,14,16,18H2,1H3;3-4H,1-2H3,(H,5,6). The van der Waals surface area contributed by atoms with Crippen molar-refractivity contribution in [3.05, 3.63) is 72.2 Å². The minimum atomic E-state index is -2.32. The predicted molar refractivity (Wildman–Crippen MR) is 141 cm³/mol. The van der Waals surface area contributed by atoms with E-state index in [9.17, 15) is 4.79 Å². The molecule has 176 valence electrons.